The van der Waals surface area contributed by atoms with Crippen LogP contribution in [-0.2, 0) is 4.79 Å². The molecule has 1 atom stereocenters. The average Bonchev–Trinajstić information content (AvgIpc) is 2.15. The van der Waals surface area contributed by atoms with Crippen LogP contribution in [0.1, 0.15) is 39.3 Å². The summed E-state index contributed by atoms with van der Waals surface area (Å²) in [6, 6.07) is 7.67. The van der Waals surface area contributed by atoms with Crippen molar-refractivity contribution in [1.82, 2.24) is 0 Å². The van der Waals surface area contributed by atoms with Crippen molar-refractivity contribution < 1.29 is 4.79 Å². The fraction of sp³-hybridized carbons (Fsp3) is 0.462. The number of benzene rings is 1. The van der Waals surface area contributed by atoms with Gasteiger partial charge in [-0.25, -0.2) is 0 Å². The highest BCUT2D eigenvalue weighted by molar-refractivity contribution is 5.88. The lowest BCUT2D eigenvalue weighted by Crippen LogP contribution is -2.26. The van der Waals surface area contributed by atoms with Crippen molar-refractivity contribution in [1.29, 1.82) is 0 Å². The SMILES string of the molecule is CC(=O)Nc1ccc([C@H](N)C(C)(C)C)cc1.Cl. The number of hydrogen-bond acceptors (Lipinski definition) is 2. The van der Waals surface area contributed by atoms with Crippen molar-refractivity contribution in [3.05, 3.63) is 29.8 Å². The molecule has 0 unspecified atom stereocenters. The third-order valence-electron chi connectivity index (χ3n) is 2.52. The molecular weight excluding hydrogens is 236 g/mol. The van der Waals surface area contributed by atoms with E-state index in [1.807, 2.05) is 24.3 Å². The molecule has 3 nitrogen and oxygen atoms in total. The second-order valence-corrected chi connectivity index (χ2v) is 5.15. The zero-order chi connectivity index (χ0) is 12.3. The smallest absolute Gasteiger partial charge is 0.221 e. The van der Waals surface area contributed by atoms with Crippen LogP contribution in [0.4, 0.5) is 5.69 Å². The Labute approximate surface area is 109 Å². The molecular formula is C13H21ClN2O. The summed E-state index contributed by atoms with van der Waals surface area (Å²) in [4.78, 5) is 10.9. The Morgan fingerprint density at radius 3 is 2.06 bits per heavy atom. The first-order chi connectivity index (χ1) is 7.30. The van der Waals surface area contributed by atoms with E-state index >= 15 is 0 Å². The Hall–Kier alpha value is -1.06. The van der Waals surface area contributed by atoms with E-state index in [0.29, 0.717) is 0 Å². The van der Waals surface area contributed by atoms with Gasteiger partial charge in [-0.1, -0.05) is 32.9 Å². The lowest BCUT2D eigenvalue weighted by molar-refractivity contribution is -0.114. The summed E-state index contributed by atoms with van der Waals surface area (Å²) >= 11 is 0. The molecule has 0 saturated heterocycles. The van der Waals surface area contributed by atoms with Gasteiger partial charge in [-0.3, -0.25) is 4.79 Å². The molecule has 0 aliphatic rings. The van der Waals surface area contributed by atoms with Crippen LogP contribution in [-0.4, -0.2) is 5.91 Å². The number of nitrogens with one attached hydrogen (secondary N) is 1. The number of rotatable bonds is 2. The Balaban J connectivity index is 0.00000256. The quantitative estimate of drug-likeness (QED) is 0.854. The van der Waals surface area contributed by atoms with Gasteiger partial charge in [0.2, 0.25) is 5.91 Å². The first kappa shape index (κ1) is 15.9. The number of halogens is 1. The molecule has 1 amide bonds. The van der Waals surface area contributed by atoms with E-state index in [2.05, 4.69) is 26.1 Å². The molecule has 0 saturated carbocycles. The third kappa shape index (κ3) is 4.75. The summed E-state index contributed by atoms with van der Waals surface area (Å²) in [5.41, 5.74) is 8.06. The van der Waals surface area contributed by atoms with Gasteiger partial charge in [0.25, 0.3) is 0 Å². The first-order valence-corrected chi connectivity index (χ1v) is 5.44. The Morgan fingerprint density at radius 2 is 1.71 bits per heavy atom. The van der Waals surface area contributed by atoms with E-state index < -0.39 is 0 Å². The first-order valence-electron chi connectivity index (χ1n) is 5.44. The van der Waals surface area contributed by atoms with Crippen molar-refractivity contribution in [2.45, 2.75) is 33.7 Å². The van der Waals surface area contributed by atoms with E-state index in [1.165, 1.54) is 6.92 Å². The normalized spacial score (nSPS) is 12.5. The van der Waals surface area contributed by atoms with Crippen LogP contribution in [0.5, 0.6) is 0 Å². The van der Waals surface area contributed by atoms with Crippen LogP contribution < -0.4 is 11.1 Å². The van der Waals surface area contributed by atoms with E-state index in [9.17, 15) is 4.79 Å². The second kappa shape index (κ2) is 6.03. The van der Waals surface area contributed by atoms with Gasteiger partial charge in [0.05, 0.1) is 0 Å². The van der Waals surface area contributed by atoms with Crippen LogP contribution in [0.15, 0.2) is 24.3 Å². The van der Waals surface area contributed by atoms with Crippen LogP contribution in [0, 0.1) is 5.41 Å². The lowest BCUT2D eigenvalue weighted by Gasteiger charge is -2.27. The zero-order valence-electron chi connectivity index (χ0n) is 10.8. The van der Waals surface area contributed by atoms with Gasteiger partial charge in [0.15, 0.2) is 0 Å². The van der Waals surface area contributed by atoms with Crippen molar-refractivity contribution in [3.8, 4) is 0 Å². The molecule has 1 aromatic rings. The minimum absolute atomic E-state index is 0. The van der Waals surface area contributed by atoms with Crippen molar-refractivity contribution in [3.63, 3.8) is 0 Å². The number of carbonyl (C=O) groups excluding carboxylic acids is 1. The summed E-state index contributed by atoms with van der Waals surface area (Å²) in [5.74, 6) is -0.0622. The van der Waals surface area contributed by atoms with Crippen LogP contribution in [0.2, 0.25) is 0 Å². The molecule has 0 bridgehead atoms. The molecule has 0 spiro atoms. The predicted molar refractivity (Wildman–Crippen MR) is 74.4 cm³/mol. The van der Waals surface area contributed by atoms with E-state index in [1.54, 1.807) is 0 Å². The maximum atomic E-state index is 10.9. The van der Waals surface area contributed by atoms with Gasteiger partial charge in [0.1, 0.15) is 0 Å². The lowest BCUT2D eigenvalue weighted by atomic mass is 9.83. The topological polar surface area (TPSA) is 55.1 Å². The molecule has 0 fully saturated rings. The monoisotopic (exact) mass is 256 g/mol. The molecule has 0 aromatic heterocycles. The third-order valence-corrected chi connectivity index (χ3v) is 2.52. The van der Waals surface area contributed by atoms with Gasteiger partial charge in [-0.05, 0) is 23.1 Å². The Bertz CT molecular complexity index is 368. The maximum Gasteiger partial charge on any atom is 0.221 e. The Morgan fingerprint density at radius 1 is 1.24 bits per heavy atom. The fourth-order valence-corrected chi connectivity index (χ4v) is 1.48. The molecule has 3 N–H and O–H groups in total. The van der Waals surface area contributed by atoms with Gasteiger partial charge < -0.3 is 11.1 Å². The van der Waals surface area contributed by atoms with Gasteiger partial charge >= 0.3 is 0 Å². The molecule has 17 heavy (non-hydrogen) atoms. The summed E-state index contributed by atoms with van der Waals surface area (Å²) in [5, 5.41) is 2.73. The summed E-state index contributed by atoms with van der Waals surface area (Å²) in [6.45, 7) is 7.83. The van der Waals surface area contributed by atoms with Gasteiger partial charge in [0, 0.05) is 18.7 Å². The summed E-state index contributed by atoms with van der Waals surface area (Å²) in [7, 11) is 0. The van der Waals surface area contributed by atoms with Crippen LogP contribution in [0.25, 0.3) is 0 Å². The average molecular weight is 257 g/mol. The summed E-state index contributed by atoms with van der Waals surface area (Å²) < 4.78 is 0. The fourth-order valence-electron chi connectivity index (χ4n) is 1.48. The van der Waals surface area contributed by atoms with Crippen molar-refractivity contribution in [2.75, 3.05) is 5.32 Å². The standard InChI is InChI=1S/C13H20N2O.ClH/c1-9(16)15-11-7-5-10(6-8-11)12(14)13(2,3)4;/h5-8,12H,14H2,1-4H3,(H,15,16);1H/t12-;/m0./s1. The highest BCUT2D eigenvalue weighted by Gasteiger charge is 2.21. The molecule has 1 rings (SSSR count). The molecule has 0 radical (unpaired) electrons. The second-order valence-electron chi connectivity index (χ2n) is 5.15. The van der Waals surface area contributed by atoms with Crippen LogP contribution in [0.3, 0.4) is 0 Å². The highest BCUT2D eigenvalue weighted by atomic mass is 35.5. The molecule has 0 aliphatic heterocycles. The molecule has 4 heteroatoms. The van der Waals surface area contributed by atoms with Crippen molar-refractivity contribution in [2.24, 2.45) is 11.1 Å². The maximum absolute atomic E-state index is 10.9. The van der Waals surface area contributed by atoms with E-state index in [4.69, 9.17) is 5.73 Å². The molecule has 0 aliphatic carbocycles. The zero-order valence-corrected chi connectivity index (χ0v) is 11.6. The van der Waals surface area contributed by atoms with Crippen molar-refractivity contribution >= 4 is 24.0 Å². The van der Waals surface area contributed by atoms with E-state index in [-0.39, 0.29) is 29.8 Å². The molecule has 0 heterocycles. The van der Waals surface area contributed by atoms with E-state index in [0.717, 1.165) is 11.3 Å². The van der Waals surface area contributed by atoms with Crippen LogP contribution >= 0.6 is 12.4 Å². The number of carbonyl (C=O) groups is 1. The highest BCUT2D eigenvalue weighted by Crippen LogP contribution is 2.30. The minimum Gasteiger partial charge on any atom is -0.326 e. The van der Waals surface area contributed by atoms with Gasteiger partial charge in [-0.2, -0.15) is 0 Å². The predicted octanol–water partition coefficient (Wildman–Crippen LogP) is 3.11. The Kier molecular flexibility index (Phi) is 5.66. The number of hydrogen-bond donors (Lipinski definition) is 2. The number of amides is 1. The minimum atomic E-state index is -0.0622. The number of nitrogens with two attached hydrogens (primary N) is 1. The molecule has 96 valence electrons. The number of anilines is 1. The summed E-state index contributed by atoms with van der Waals surface area (Å²) in [6.07, 6.45) is 0. The van der Waals surface area contributed by atoms with Gasteiger partial charge in [-0.15, -0.1) is 12.4 Å². The molecule has 1 aromatic carbocycles. The largest absolute Gasteiger partial charge is 0.326 e.